The van der Waals surface area contributed by atoms with Crippen molar-refractivity contribution in [1.82, 2.24) is 4.98 Å². The van der Waals surface area contributed by atoms with Gasteiger partial charge < -0.3 is 0 Å². The van der Waals surface area contributed by atoms with Gasteiger partial charge in [0.2, 0.25) is 0 Å². The molecule has 1 aromatic heterocycles. The van der Waals surface area contributed by atoms with Crippen LogP contribution >= 0.6 is 0 Å². The molecule has 1 heterocycles. The Morgan fingerprint density at radius 3 is 1.97 bits per heavy atom. The molecule has 1 nitrogen and oxygen atoms in total. The molecule has 0 saturated heterocycles. The van der Waals surface area contributed by atoms with Gasteiger partial charge in [-0.3, -0.25) is 4.98 Å². The van der Waals surface area contributed by atoms with Crippen molar-refractivity contribution in [2.45, 2.75) is 13.8 Å². The minimum Gasteiger partial charge on any atom is -0.256 e. The van der Waals surface area contributed by atoms with Crippen LogP contribution in [0, 0.1) is 13.8 Å². The molecule has 0 atom stereocenters. The second-order valence-corrected chi connectivity index (χ2v) is 9.70. The van der Waals surface area contributed by atoms with E-state index in [4.69, 9.17) is 4.98 Å². The Morgan fingerprint density at radius 2 is 1.17 bits per heavy atom. The van der Waals surface area contributed by atoms with Gasteiger partial charge in [0.05, 0.1) is 5.52 Å². The topological polar surface area (TPSA) is 12.9 Å². The number of benzene rings is 6. The Kier molecular flexibility index (Phi) is 4.65. The average Bonchev–Trinajstić information content (AvgIpc) is 2.92. The Hall–Kier alpha value is -4.49. The van der Waals surface area contributed by atoms with E-state index in [1.165, 1.54) is 71.1 Å². The summed E-state index contributed by atoms with van der Waals surface area (Å²) in [4.78, 5) is 4.95. The summed E-state index contributed by atoms with van der Waals surface area (Å²) in [6.45, 7) is 4.38. The Balaban J connectivity index is 1.78. The number of pyridine rings is 1. The van der Waals surface area contributed by atoms with Crippen LogP contribution in [0.15, 0.2) is 115 Å². The van der Waals surface area contributed by atoms with Crippen LogP contribution in [0.25, 0.3) is 65.5 Å². The lowest BCUT2D eigenvalue weighted by atomic mass is 9.83. The van der Waals surface area contributed by atoms with Crippen molar-refractivity contribution in [1.29, 1.82) is 0 Å². The second-order valence-electron chi connectivity index (χ2n) is 9.70. The molecular weight excluding hydrogens is 434 g/mol. The molecular formula is C35H25N. The molecule has 0 aliphatic carbocycles. The summed E-state index contributed by atoms with van der Waals surface area (Å²) in [5.41, 5.74) is 8.66. The van der Waals surface area contributed by atoms with Crippen molar-refractivity contribution in [3.63, 3.8) is 0 Å². The Labute approximate surface area is 210 Å². The summed E-state index contributed by atoms with van der Waals surface area (Å²) >= 11 is 0. The molecule has 7 aromatic rings. The molecule has 0 fully saturated rings. The minimum atomic E-state index is 1.02. The van der Waals surface area contributed by atoms with Gasteiger partial charge in [-0.05, 0) is 69.3 Å². The summed E-state index contributed by atoms with van der Waals surface area (Å²) < 4.78 is 0. The van der Waals surface area contributed by atoms with Gasteiger partial charge in [-0.15, -0.1) is 0 Å². The monoisotopic (exact) mass is 459 g/mol. The van der Waals surface area contributed by atoms with Crippen molar-refractivity contribution < 1.29 is 0 Å². The molecule has 0 bridgehead atoms. The van der Waals surface area contributed by atoms with Gasteiger partial charge in [-0.1, -0.05) is 109 Å². The maximum Gasteiger partial charge on any atom is 0.0708 e. The minimum absolute atomic E-state index is 1.02. The summed E-state index contributed by atoms with van der Waals surface area (Å²) in [6.07, 6.45) is 2.09. The maximum absolute atomic E-state index is 4.95. The zero-order valence-corrected chi connectivity index (χ0v) is 20.4. The quantitative estimate of drug-likeness (QED) is 0.185. The highest BCUT2D eigenvalue weighted by Crippen LogP contribution is 2.47. The predicted molar refractivity (Wildman–Crippen MR) is 155 cm³/mol. The van der Waals surface area contributed by atoms with E-state index < -0.39 is 0 Å². The lowest BCUT2D eigenvalue weighted by Gasteiger charge is -2.20. The summed E-state index contributed by atoms with van der Waals surface area (Å²) in [6, 6.07) is 39.5. The molecule has 0 unspecified atom stereocenters. The second kappa shape index (κ2) is 8.03. The molecule has 36 heavy (non-hydrogen) atoms. The van der Waals surface area contributed by atoms with Gasteiger partial charge in [0, 0.05) is 22.4 Å². The van der Waals surface area contributed by atoms with Gasteiger partial charge in [0.15, 0.2) is 0 Å². The van der Waals surface area contributed by atoms with E-state index in [1.807, 2.05) is 0 Å². The van der Waals surface area contributed by atoms with E-state index in [1.54, 1.807) is 0 Å². The average molecular weight is 460 g/mol. The van der Waals surface area contributed by atoms with Crippen molar-refractivity contribution >= 4 is 43.2 Å². The number of hydrogen-bond acceptors (Lipinski definition) is 1. The number of fused-ring (bicyclic) bond motifs is 5. The first kappa shape index (κ1) is 20.8. The fraction of sp³-hybridized carbons (Fsp3) is 0.0571. The van der Waals surface area contributed by atoms with Gasteiger partial charge in [0.1, 0.15) is 0 Å². The first-order chi connectivity index (χ1) is 17.7. The first-order valence-corrected chi connectivity index (χ1v) is 12.5. The lowest BCUT2D eigenvalue weighted by molar-refractivity contribution is 1.39. The molecule has 6 aromatic carbocycles. The Bertz CT molecular complexity index is 1960. The van der Waals surface area contributed by atoms with Crippen LogP contribution in [0.1, 0.15) is 11.1 Å². The number of para-hydroxylation sites is 1. The molecule has 0 spiro atoms. The standard InChI is InChI=1S/C35H25N/c1-22-18-19-25(23(2)20-22)33-28-13-5-6-14-29(28)34(27-16-9-11-24-10-3-4-12-26(24)27)35-30-15-7-8-17-32(30)36-21-31(33)35/h3-21H,1-2H3. The third-order valence-electron chi connectivity index (χ3n) is 7.47. The van der Waals surface area contributed by atoms with E-state index in [0.717, 1.165) is 5.52 Å². The van der Waals surface area contributed by atoms with Crippen LogP contribution in [-0.4, -0.2) is 4.98 Å². The van der Waals surface area contributed by atoms with E-state index in [9.17, 15) is 0 Å². The van der Waals surface area contributed by atoms with Gasteiger partial charge in [0.25, 0.3) is 0 Å². The molecule has 7 rings (SSSR count). The van der Waals surface area contributed by atoms with Crippen molar-refractivity contribution in [3.05, 3.63) is 127 Å². The third kappa shape index (κ3) is 3.06. The van der Waals surface area contributed by atoms with Gasteiger partial charge >= 0.3 is 0 Å². The van der Waals surface area contributed by atoms with E-state index in [2.05, 4.69) is 129 Å². The van der Waals surface area contributed by atoms with Gasteiger partial charge in [-0.2, -0.15) is 0 Å². The van der Waals surface area contributed by atoms with Crippen LogP contribution in [0.5, 0.6) is 0 Å². The van der Waals surface area contributed by atoms with Crippen molar-refractivity contribution in [2.24, 2.45) is 0 Å². The van der Waals surface area contributed by atoms with Gasteiger partial charge in [-0.25, -0.2) is 0 Å². The number of aromatic nitrogens is 1. The lowest BCUT2D eigenvalue weighted by Crippen LogP contribution is -1.95. The number of nitrogens with zero attached hydrogens (tertiary/aromatic N) is 1. The maximum atomic E-state index is 4.95. The summed E-state index contributed by atoms with van der Waals surface area (Å²) in [7, 11) is 0. The first-order valence-electron chi connectivity index (χ1n) is 12.5. The summed E-state index contributed by atoms with van der Waals surface area (Å²) in [5.74, 6) is 0. The number of aryl methyl sites for hydroxylation is 2. The highest BCUT2D eigenvalue weighted by Gasteiger charge is 2.20. The molecule has 0 amide bonds. The van der Waals surface area contributed by atoms with E-state index >= 15 is 0 Å². The predicted octanol–water partition coefficient (Wildman–Crippen LogP) is 9.65. The zero-order valence-electron chi connectivity index (χ0n) is 20.4. The normalized spacial score (nSPS) is 11.6. The van der Waals surface area contributed by atoms with Crippen LogP contribution in [0.3, 0.4) is 0 Å². The fourth-order valence-corrected chi connectivity index (χ4v) is 5.91. The van der Waals surface area contributed by atoms with Crippen molar-refractivity contribution in [2.75, 3.05) is 0 Å². The van der Waals surface area contributed by atoms with E-state index in [0.29, 0.717) is 0 Å². The molecule has 0 aliphatic rings. The number of rotatable bonds is 2. The molecule has 0 aliphatic heterocycles. The highest BCUT2D eigenvalue weighted by molar-refractivity contribution is 6.28. The van der Waals surface area contributed by atoms with Crippen LogP contribution in [-0.2, 0) is 0 Å². The SMILES string of the molecule is Cc1ccc(-c2c3ccccc3c(-c3cccc4ccccc34)c3c2cnc2ccccc23)c(C)c1. The van der Waals surface area contributed by atoms with Crippen LogP contribution in [0.2, 0.25) is 0 Å². The van der Waals surface area contributed by atoms with E-state index in [-0.39, 0.29) is 0 Å². The smallest absolute Gasteiger partial charge is 0.0708 e. The summed E-state index contributed by atoms with van der Waals surface area (Å²) in [5, 5.41) is 8.71. The zero-order chi connectivity index (χ0) is 24.2. The van der Waals surface area contributed by atoms with Crippen LogP contribution in [0.4, 0.5) is 0 Å². The van der Waals surface area contributed by atoms with Crippen molar-refractivity contribution in [3.8, 4) is 22.3 Å². The molecule has 0 N–H and O–H groups in total. The van der Waals surface area contributed by atoms with Crippen LogP contribution < -0.4 is 0 Å². The molecule has 0 saturated carbocycles. The number of hydrogen-bond donors (Lipinski definition) is 0. The third-order valence-corrected chi connectivity index (χ3v) is 7.47. The molecule has 0 radical (unpaired) electrons. The molecule has 170 valence electrons. The molecule has 1 heteroatoms. The fourth-order valence-electron chi connectivity index (χ4n) is 5.91. The Morgan fingerprint density at radius 1 is 0.500 bits per heavy atom. The largest absolute Gasteiger partial charge is 0.256 e. The highest BCUT2D eigenvalue weighted by atomic mass is 14.6.